The van der Waals surface area contributed by atoms with E-state index < -0.39 is 0 Å². The van der Waals surface area contributed by atoms with Crippen LogP contribution >= 0.6 is 15.9 Å². The first-order valence-electron chi connectivity index (χ1n) is 8.46. The summed E-state index contributed by atoms with van der Waals surface area (Å²) in [5.41, 5.74) is 2.25. The maximum Gasteiger partial charge on any atom is 0.191 e. The van der Waals surface area contributed by atoms with E-state index in [1.54, 1.807) is 19.2 Å². The number of aliphatic imine (C=N–C) groups is 1. The Bertz CT molecular complexity index is 868. The first kappa shape index (κ1) is 18.4. The predicted octanol–water partition coefficient (Wildman–Crippen LogP) is 3.86. The minimum absolute atomic E-state index is 0.122. The van der Waals surface area contributed by atoms with Gasteiger partial charge in [0.2, 0.25) is 0 Å². The van der Waals surface area contributed by atoms with Gasteiger partial charge in [-0.15, -0.1) is 0 Å². The van der Waals surface area contributed by atoms with Crippen molar-refractivity contribution < 1.29 is 4.39 Å². The first-order chi connectivity index (χ1) is 12.6. The van der Waals surface area contributed by atoms with Crippen molar-refractivity contribution in [2.75, 3.05) is 13.6 Å². The number of nitrogens with zero attached hydrogens (tertiary/aromatic N) is 2. The van der Waals surface area contributed by atoms with E-state index in [1.807, 2.05) is 12.1 Å². The lowest BCUT2D eigenvalue weighted by atomic mass is 9.96. The highest BCUT2D eigenvalue weighted by molar-refractivity contribution is 9.10. The maximum absolute atomic E-state index is 14.0. The molecule has 2 aromatic carbocycles. The van der Waals surface area contributed by atoms with Gasteiger partial charge in [0.25, 0.3) is 0 Å². The molecule has 1 aliphatic rings. The highest BCUT2D eigenvalue weighted by Gasteiger charge is 2.45. The zero-order chi connectivity index (χ0) is 18.6. The van der Waals surface area contributed by atoms with E-state index in [1.165, 1.54) is 11.6 Å². The van der Waals surface area contributed by atoms with Crippen LogP contribution in [0.5, 0.6) is 0 Å². The van der Waals surface area contributed by atoms with E-state index in [2.05, 4.69) is 49.8 Å². The predicted molar refractivity (Wildman–Crippen MR) is 104 cm³/mol. The Kier molecular flexibility index (Phi) is 5.58. The molecule has 1 fully saturated rings. The summed E-state index contributed by atoms with van der Waals surface area (Å²) in [6.07, 6.45) is 2.26. The minimum atomic E-state index is -0.390. The maximum atomic E-state index is 14.0. The minimum Gasteiger partial charge on any atom is -0.356 e. The molecule has 2 aromatic rings. The Hall–Kier alpha value is -2.39. The van der Waals surface area contributed by atoms with Gasteiger partial charge < -0.3 is 10.6 Å². The number of nitrogens with one attached hydrogen (secondary N) is 2. The summed E-state index contributed by atoms with van der Waals surface area (Å²) in [5.74, 6) is 0.242. The summed E-state index contributed by atoms with van der Waals surface area (Å²) >= 11 is 3.64. The molecular formula is C20H20BrFN4. The molecule has 134 valence electrons. The lowest BCUT2D eigenvalue weighted by Crippen LogP contribution is -2.41. The van der Waals surface area contributed by atoms with E-state index in [9.17, 15) is 4.39 Å². The number of hydrogen-bond acceptors (Lipinski definition) is 2. The second-order valence-electron chi connectivity index (χ2n) is 6.46. The van der Waals surface area contributed by atoms with Gasteiger partial charge in [-0.2, -0.15) is 5.26 Å². The summed E-state index contributed by atoms with van der Waals surface area (Å²) in [6.45, 7) is 1.07. The Morgan fingerprint density at radius 1 is 1.27 bits per heavy atom. The molecule has 0 unspecified atom stereocenters. The van der Waals surface area contributed by atoms with Gasteiger partial charge in [0.15, 0.2) is 5.96 Å². The van der Waals surface area contributed by atoms with Gasteiger partial charge in [0.1, 0.15) is 5.82 Å². The highest BCUT2D eigenvalue weighted by Crippen LogP contribution is 2.49. The highest BCUT2D eigenvalue weighted by atomic mass is 79.9. The van der Waals surface area contributed by atoms with Gasteiger partial charge in [0, 0.05) is 35.6 Å². The molecule has 0 saturated heterocycles. The van der Waals surface area contributed by atoms with Gasteiger partial charge in [-0.05, 0) is 36.6 Å². The van der Waals surface area contributed by atoms with E-state index in [0.29, 0.717) is 23.6 Å². The van der Waals surface area contributed by atoms with Crippen LogP contribution in [0.15, 0.2) is 51.9 Å². The SMILES string of the molecule is CN=C(NCc1ccc(C#N)cc1F)NCC1(c2ccccc2Br)CC1. The van der Waals surface area contributed by atoms with Crippen molar-refractivity contribution in [2.45, 2.75) is 24.8 Å². The van der Waals surface area contributed by atoms with Crippen LogP contribution in [-0.2, 0) is 12.0 Å². The monoisotopic (exact) mass is 414 g/mol. The van der Waals surface area contributed by atoms with Gasteiger partial charge in [0.05, 0.1) is 11.6 Å². The quantitative estimate of drug-likeness (QED) is 0.576. The number of hydrogen-bond donors (Lipinski definition) is 2. The van der Waals surface area contributed by atoms with Crippen LogP contribution in [0.2, 0.25) is 0 Å². The molecule has 4 nitrogen and oxygen atoms in total. The van der Waals surface area contributed by atoms with Crippen LogP contribution in [-0.4, -0.2) is 19.6 Å². The largest absolute Gasteiger partial charge is 0.356 e. The lowest BCUT2D eigenvalue weighted by molar-refractivity contribution is 0.601. The summed E-state index contributed by atoms with van der Waals surface area (Å²) < 4.78 is 15.1. The molecule has 0 amide bonds. The molecule has 2 N–H and O–H groups in total. The van der Waals surface area contributed by atoms with Crippen LogP contribution < -0.4 is 10.6 Å². The van der Waals surface area contributed by atoms with Crippen molar-refractivity contribution in [1.82, 2.24) is 10.6 Å². The third kappa shape index (κ3) is 4.05. The van der Waals surface area contributed by atoms with Crippen molar-refractivity contribution in [1.29, 1.82) is 5.26 Å². The van der Waals surface area contributed by atoms with Gasteiger partial charge in [-0.25, -0.2) is 4.39 Å². The third-order valence-corrected chi connectivity index (χ3v) is 5.44. The van der Waals surface area contributed by atoms with Gasteiger partial charge in [-0.1, -0.05) is 40.2 Å². The number of rotatable bonds is 5. The van der Waals surface area contributed by atoms with E-state index in [0.717, 1.165) is 23.9 Å². The number of nitriles is 1. The molecule has 0 atom stereocenters. The summed E-state index contributed by atoms with van der Waals surface area (Å²) in [7, 11) is 1.70. The van der Waals surface area contributed by atoms with Crippen molar-refractivity contribution in [3.63, 3.8) is 0 Å². The smallest absolute Gasteiger partial charge is 0.191 e. The fraction of sp³-hybridized carbons (Fsp3) is 0.300. The number of guanidine groups is 1. The topological polar surface area (TPSA) is 60.2 Å². The first-order valence-corrected chi connectivity index (χ1v) is 9.25. The second-order valence-corrected chi connectivity index (χ2v) is 7.31. The molecule has 0 bridgehead atoms. The molecule has 0 radical (unpaired) electrons. The molecule has 0 aliphatic heterocycles. The molecule has 1 saturated carbocycles. The van der Waals surface area contributed by atoms with E-state index in [-0.39, 0.29) is 11.2 Å². The number of halogens is 2. The normalized spacial score (nSPS) is 15.2. The fourth-order valence-electron chi connectivity index (χ4n) is 3.00. The third-order valence-electron chi connectivity index (χ3n) is 4.75. The summed E-state index contributed by atoms with van der Waals surface area (Å²) in [5, 5.41) is 15.3. The van der Waals surface area contributed by atoms with Crippen LogP contribution in [0, 0.1) is 17.1 Å². The zero-order valence-electron chi connectivity index (χ0n) is 14.5. The molecule has 0 spiro atoms. The van der Waals surface area contributed by atoms with Gasteiger partial charge in [-0.3, -0.25) is 4.99 Å². The molecule has 6 heteroatoms. The van der Waals surface area contributed by atoms with E-state index in [4.69, 9.17) is 5.26 Å². The summed E-state index contributed by atoms with van der Waals surface area (Å²) in [4.78, 5) is 4.22. The molecule has 1 aliphatic carbocycles. The summed E-state index contributed by atoms with van der Waals surface area (Å²) in [6, 6.07) is 14.7. The Labute approximate surface area is 161 Å². The van der Waals surface area contributed by atoms with Crippen LogP contribution in [0.3, 0.4) is 0 Å². The standard InChI is InChI=1S/C20H20BrFN4/c1-24-19(25-12-15-7-6-14(11-23)10-18(15)22)26-13-20(8-9-20)16-4-2-3-5-17(16)21/h2-7,10H,8-9,12-13H2,1H3,(H2,24,25,26). The fourth-order valence-corrected chi connectivity index (χ4v) is 3.70. The molecular weight excluding hydrogens is 395 g/mol. The Morgan fingerprint density at radius 2 is 2.04 bits per heavy atom. The van der Waals surface area contributed by atoms with Gasteiger partial charge >= 0.3 is 0 Å². The molecule has 0 heterocycles. The second kappa shape index (κ2) is 7.88. The van der Waals surface area contributed by atoms with Crippen molar-refractivity contribution in [3.05, 3.63) is 69.4 Å². The van der Waals surface area contributed by atoms with Crippen LogP contribution in [0.1, 0.15) is 29.5 Å². The van der Waals surface area contributed by atoms with Crippen LogP contribution in [0.4, 0.5) is 4.39 Å². The Morgan fingerprint density at radius 3 is 2.65 bits per heavy atom. The molecule has 0 aromatic heterocycles. The van der Waals surface area contributed by atoms with Crippen molar-refractivity contribution in [3.8, 4) is 6.07 Å². The average Bonchev–Trinajstić information content (AvgIpc) is 3.44. The number of benzene rings is 2. The average molecular weight is 415 g/mol. The molecule has 26 heavy (non-hydrogen) atoms. The Balaban J connectivity index is 1.59. The van der Waals surface area contributed by atoms with Crippen LogP contribution in [0.25, 0.3) is 0 Å². The van der Waals surface area contributed by atoms with Crippen molar-refractivity contribution in [2.24, 2.45) is 4.99 Å². The molecule has 3 rings (SSSR count). The van der Waals surface area contributed by atoms with E-state index >= 15 is 0 Å². The zero-order valence-corrected chi connectivity index (χ0v) is 16.1. The lowest BCUT2D eigenvalue weighted by Gasteiger charge is -2.20. The van der Waals surface area contributed by atoms with Crippen molar-refractivity contribution >= 4 is 21.9 Å².